The van der Waals surface area contributed by atoms with Gasteiger partial charge in [0.2, 0.25) is 0 Å². The van der Waals surface area contributed by atoms with E-state index >= 15 is 0 Å². The molecule has 0 aliphatic heterocycles. The van der Waals surface area contributed by atoms with Crippen molar-refractivity contribution in [2.24, 2.45) is 11.8 Å². The van der Waals surface area contributed by atoms with Crippen molar-refractivity contribution in [1.82, 2.24) is 0 Å². The Labute approximate surface area is 134 Å². The first-order valence-corrected chi connectivity index (χ1v) is 9.09. The Morgan fingerprint density at radius 3 is 2.05 bits per heavy atom. The first-order chi connectivity index (χ1) is 10.9. The molecule has 1 aromatic carbocycles. The van der Waals surface area contributed by atoms with E-state index in [0.717, 1.165) is 0 Å². The van der Waals surface area contributed by atoms with E-state index in [1.54, 1.807) is 0 Å². The van der Waals surface area contributed by atoms with Gasteiger partial charge in [-0.1, -0.05) is 50.7 Å². The highest BCUT2D eigenvalue weighted by atomic mass is 16.6. The minimum atomic E-state index is 0.0593. The van der Waals surface area contributed by atoms with Crippen LogP contribution < -0.4 is 11.2 Å². The molecule has 2 saturated carbocycles. The zero-order chi connectivity index (χ0) is 15.2. The van der Waals surface area contributed by atoms with Gasteiger partial charge in [-0.3, -0.25) is 4.84 Å². The zero-order valence-corrected chi connectivity index (χ0v) is 13.6. The van der Waals surface area contributed by atoms with Gasteiger partial charge in [-0.2, -0.15) is 0 Å². The van der Waals surface area contributed by atoms with E-state index in [1.165, 1.54) is 75.5 Å². The van der Waals surface area contributed by atoms with Gasteiger partial charge in [-0.15, -0.1) is 0 Å². The minimum Gasteiger partial charge on any atom is -0.382 e. The normalized spacial score (nSPS) is 22.4. The number of benzene rings is 1. The van der Waals surface area contributed by atoms with E-state index in [9.17, 15) is 0 Å². The summed E-state index contributed by atoms with van der Waals surface area (Å²) in [6.07, 6.45) is 13.2. The third-order valence-electron chi connectivity index (χ3n) is 5.44. The second-order valence-electron chi connectivity index (χ2n) is 7.06. The summed E-state index contributed by atoms with van der Waals surface area (Å²) in [5, 5.41) is 3.67. The van der Waals surface area contributed by atoms with Crippen molar-refractivity contribution in [3.63, 3.8) is 0 Å². The summed E-state index contributed by atoms with van der Waals surface area (Å²) >= 11 is 0. The van der Waals surface area contributed by atoms with E-state index in [4.69, 9.17) is 10.7 Å². The van der Waals surface area contributed by atoms with Crippen LogP contribution in [-0.2, 0) is 4.84 Å². The molecule has 3 N–H and O–H groups in total. The van der Waals surface area contributed by atoms with Crippen molar-refractivity contribution in [2.75, 3.05) is 5.32 Å². The van der Waals surface area contributed by atoms with Crippen molar-refractivity contribution in [1.29, 1.82) is 0 Å². The Balaban J connectivity index is 1.61. The molecule has 0 amide bonds. The van der Waals surface area contributed by atoms with Crippen LogP contribution in [0.5, 0.6) is 0 Å². The van der Waals surface area contributed by atoms with Gasteiger partial charge >= 0.3 is 0 Å². The van der Waals surface area contributed by atoms with Crippen molar-refractivity contribution >= 4 is 5.69 Å². The smallest absolute Gasteiger partial charge is 0.106 e. The van der Waals surface area contributed by atoms with Crippen LogP contribution in [0.25, 0.3) is 0 Å². The molecule has 22 heavy (non-hydrogen) atoms. The van der Waals surface area contributed by atoms with Gasteiger partial charge in [0.05, 0.1) is 0 Å². The first kappa shape index (κ1) is 15.8. The van der Waals surface area contributed by atoms with E-state index in [2.05, 4.69) is 29.6 Å². The summed E-state index contributed by atoms with van der Waals surface area (Å²) in [5.74, 6) is 6.19. The van der Waals surface area contributed by atoms with E-state index in [1.807, 2.05) is 0 Å². The lowest BCUT2D eigenvalue weighted by atomic mass is 9.82. The van der Waals surface area contributed by atoms with Gasteiger partial charge < -0.3 is 5.32 Å². The van der Waals surface area contributed by atoms with E-state index in [0.29, 0.717) is 12.0 Å². The highest BCUT2D eigenvalue weighted by Gasteiger charge is 2.25. The Morgan fingerprint density at radius 2 is 1.45 bits per heavy atom. The lowest BCUT2D eigenvalue weighted by molar-refractivity contribution is -0.00274. The fraction of sp³-hybridized carbons (Fsp3) is 0.684. The monoisotopic (exact) mass is 302 g/mol. The SMILES string of the molecule is NOC(c1ccc(NC2CCCCC2)cc1)C1CCCCC1. The average molecular weight is 302 g/mol. The third-order valence-corrected chi connectivity index (χ3v) is 5.44. The standard InChI is InChI=1S/C19H30N2O/c20-22-19(15-7-3-1-4-8-15)16-11-13-18(14-12-16)21-17-9-5-2-6-10-17/h11-15,17,19,21H,1-10,20H2. The fourth-order valence-corrected chi connectivity index (χ4v) is 4.15. The third kappa shape index (κ3) is 4.02. The van der Waals surface area contributed by atoms with Crippen LogP contribution in [0.3, 0.4) is 0 Å². The van der Waals surface area contributed by atoms with Crippen molar-refractivity contribution in [3.05, 3.63) is 29.8 Å². The number of hydrogen-bond donors (Lipinski definition) is 2. The molecule has 2 aliphatic carbocycles. The molecule has 1 aromatic rings. The van der Waals surface area contributed by atoms with Crippen molar-refractivity contribution < 1.29 is 4.84 Å². The van der Waals surface area contributed by atoms with Crippen LogP contribution in [0.2, 0.25) is 0 Å². The van der Waals surface area contributed by atoms with E-state index < -0.39 is 0 Å². The van der Waals surface area contributed by atoms with Gasteiger partial charge in [0.15, 0.2) is 0 Å². The molecule has 1 atom stereocenters. The zero-order valence-electron chi connectivity index (χ0n) is 13.6. The maximum absolute atomic E-state index is 5.61. The number of nitrogens with two attached hydrogens (primary N) is 1. The topological polar surface area (TPSA) is 47.3 Å². The predicted octanol–water partition coefficient (Wildman–Crippen LogP) is 4.94. The molecule has 3 nitrogen and oxygen atoms in total. The fourth-order valence-electron chi connectivity index (χ4n) is 4.15. The van der Waals surface area contributed by atoms with Crippen LogP contribution in [0.1, 0.15) is 75.9 Å². The van der Waals surface area contributed by atoms with Crippen LogP contribution >= 0.6 is 0 Å². The highest BCUT2D eigenvalue weighted by Crippen LogP contribution is 2.36. The molecule has 1 unspecified atom stereocenters. The Morgan fingerprint density at radius 1 is 0.864 bits per heavy atom. The second-order valence-corrected chi connectivity index (χ2v) is 7.06. The molecule has 0 aromatic heterocycles. The number of anilines is 1. The molecule has 0 radical (unpaired) electrons. The Bertz CT molecular complexity index is 433. The summed E-state index contributed by atoms with van der Waals surface area (Å²) in [4.78, 5) is 5.35. The maximum Gasteiger partial charge on any atom is 0.106 e. The number of hydrogen-bond acceptors (Lipinski definition) is 3. The molecule has 3 rings (SSSR count). The Hall–Kier alpha value is -1.06. The largest absolute Gasteiger partial charge is 0.382 e. The summed E-state index contributed by atoms with van der Waals surface area (Å²) < 4.78 is 0. The lowest BCUT2D eigenvalue weighted by Gasteiger charge is -2.29. The molecule has 122 valence electrons. The summed E-state index contributed by atoms with van der Waals surface area (Å²) in [7, 11) is 0. The molecule has 2 aliphatic rings. The van der Waals surface area contributed by atoms with Gasteiger partial charge in [0, 0.05) is 11.7 Å². The maximum atomic E-state index is 5.61. The molecule has 0 saturated heterocycles. The molecule has 0 spiro atoms. The summed E-state index contributed by atoms with van der Waals surface area (Å²) in [5.41, 5.74) is 2.46. The Kier molecular flexibility index (Phi) is 5.74. The van der Waals surface area contributed by atoms with Gasteiger partial charge in [0.1, 0.15) is 6.10 Å². The lowest BCUT2D eigenvalue weighted by Crippen LogP contribution is -2.23. The molecule has 0 bridgehead atoms. The van der Waals surface area contributed by atoms with Gasteiger partial charge in [-0.05, 0) is 49.3 Å². The molecule has 2 fully saturated rings. The first-order valence-electron chi connectivity index (χ1n) is 9.09. The number of nitrogens with one attached hydrogen (secondary N) is 1. The predicted molar refractivity (Wildman–Crippen MR) is 91.5 cm³/mol. The molecular weight excluding hydrogens is 272 g/mol. The molecular formula is C19H30N2O. The van der Waals surface area contributed by atoms with Crippen molar-refractivity contribution in [3.8, 4) is 0 Å². The van der Waals surface area contributed by atoms with Gasteiger partial charge in [-0.25, -0.2) is 5.90 Å². The van der Waals surface area contributed by atoms with Crippen LogP contribution in [0.4, 0.5) is 5.69 Å². The summed E-state index contributed by atoms with van der Waals surface area (Å²) in [6, 6.07) is 9.42. The van der Waals surface area contributed by atoms with Crippen LogP contribution in [-0.4, -0.2) is 6.04 Å². The van der Waals surface area contributed by atoms with Crippen molar-refractivity contribution in [2.45, 2.75) is 76.4 Å². The molecule has 0 heterocycles. The highest BCUT2D eigenvalue weighted by molar-refractivity contribution is 5.46. The minimum absolute atomic E-state index is 0.0593. The van der Waals surface area contributed by atoms with E-state index in [-0.39, 0.29) is 6.10 Å². The number of rotatable bonds is 5. The quantitative estimate of drug-likeness (QED) is 0.757. The molecule has 3 heteroatoms. The summed E-state index contributed by atoms with van der Waals surface area (Å²) in [6.45, 7) is 0. The van der Waals surface area contributed by atoms with Crippen LogP contribution in [0.15, 0.2) is 24.3 Å². The second kappa shape index (κ2) is 7.98. The average Bonchev–Trinajstić information content (AvgIpc) is 2.59. The van der Waals surface area contributed by atoms with Crippen LogP contribution in [0, 0.1) is 5.92 Å². The van der Waals surface area contributed by atoms with Gasteiger partial charge in [0.25, 0.3) is 0 Å².